The number of benzene rings is 1. The van der Waals surface area contributed by atoms with Gasteiger partial charge in [0.1, 0.15) is 11.2 Å². The molecule has 1 fully saturated rings. The third kappa shape index (κ3) is 3.25. The average molecular weight is 393 g/mol. The minimum absolute atomic E-state index is 0.101. The van der Waals surface area contributed by atoms with Crippen LogP contribution in [0.4, 0.5) is 10.5 Å². The minimum Gasteiger partial charge on any atom is -0.393 e. The molecule has 1 aromatic rings. The summed E-state index contributed by atoms with van der Waals surface area (Å²) in [6.45, 7) is 5.57. The van der Waals surface area contributed by atoms with Gasteiger partial charge in [-0.3, -0.25) is 4.79 Å². The largest absolute Gasteiger partial charge is 0.393 e. The number of amides is 2. The van der Waals surface area contributed by atoms with Gasteiger partial charge in [-0.25, -0.2) is 4.79 Å². The molecule has 0 aliphatic heterocycles. The van der Waals surface area contributed by atoms with Crippen LogP contribution in [-0.2, 0) is 0 Å². The Balaban J connectivity index is 2.47. The molecule has 1 aromatic carbocycles. The van der Waals surface area contributed by atoms with Gasteiger partial charge < -0.3 is 30.9 Å². The number of hydrogen-bond donors (Lipinski definition) is 5. The molecule has 0 radical (unpaired) electrons. The van der Waals surface area contributed by atoms with Crippen molar-refractivity contribution < 1.29 is 24.9 Å². The number of aliphatic hydroxyl groups excluding tert-OH is 1. The fourth-order valence-electron chi connectivity index (χ4n) is 4.02. The molecule has 0 spiro atoms. The molecule has 1 saturated carbocycles. The van der Waals surface area contributed by atoms with Gasteiger partial charge in [-0.15, -0.1) is 0 Å². The van der Waals surface area contributed by atoms with E-state index < -0.39 is 41.3 Å². The zero-order chi connectivity index (χ0) is 21.5. The highest BCUT2D eigenvalue weighted by atomic mass is 16.4. The number of carbonyl (C=O) groups excluding carboxylic acids is 2. The Labute approximate surface area is 165 Å². The van der Waals surface area contributed by atoms with Crippen LogP contribution in [0.2, 0.25) is 0 Å². The van der Waals surface area contributed by atoms with Gasteiger partial charge >= 0.3 is 6.03 Å². The minimum atomic E-state index is -1.95. The number of ketones is 1. The monoisotopic (exact) mass is 393 g/mol. The van der Waals surface area contributed by atoms with Gasteiger partial charge in [0, 0.05) is 31.3 Å². The highest BCUT2D eigenvalue weighted by molar-refractivity contribution is 5.94. The Morgan fingerprint density at radius 2 is 1.82 bits per heavy atom. The lowest BCUT2D eigenvalue weighted by Crippen LogP contribution is -2.69. The van der Waals surface area contributed by atoms with Crippen molar-refractivity contribution in [2.24, 2.45) is 5.92 Å². The lowest BCUT2D eigenvalue weighted by atomic mass is 9.76. The van der Waals surface area contributed by atoms with Gasteiger partial charge in [0.15, 0.2) is 5.78 Å². The van der Waals surface area contributed by atoms with Crippen molar-refractivity contribution in [3.63, 3.8) is 0 Å². The van der Waals surface area contributed by atoms with Gasteiger partial charge in [0.05, 0.1) is 18.2 Å². The van der Waals surface area contributed by atoms with E-state index in [1.54, 1.807) is 52.2 Å². The molecule has 5 unspecified atom stereocenters. The molecule has 0 heterocycles. The number of nitrogens with one attached hydrogen (secondary N) is 2. The first kappa shape index (κ1) is 22.1. The normalized spacial score (nSPS) is 34.8. The molecule has 28 heavy (non-hydrogen) atoms. The van der Waals surface area contributed by atoms with E-state index in [4.69, 9.17) is 0 Å². The summed E-state index contributed by atoms with van der Waals surface area (Å²) in [5, 5.41) is 38.6. The first-order chi connectivity index (χ1) is 12.8. The van der Waals surface area contributed by atoms with Crippen molar-refractivity contribution in [3.8, 4) is 0 Å². The van der Waals surface area contributed by atoms with Crippen molar-refractivity contribution in [1.82, 2.24) is 10.2 Å². The highest BCUT2D eigenvalue weighted by Crippen LogP contribution is 2.50. The molecule has 1 aliphatic carbocycles. The maximum absolute atomic E-state index is 12.3. The third-order valence-electron chi connectivity index (χ3n) is 6.38. The van der Waals surface area contributed by atoms with Crippen LogP contribution < -0.4 is 10.6 Å². The van der Waals surface area contributed by atoms with E-state index >= 15 is 0 Å². The van der Waals surface area contributed by atoms with Crippen LogP contribution in [-0.4, -0.2) is 75.5 Å². The summed E-state index contributed by atoms with van der Waals surface area (Å²) in [6, 6.07) is 5.55. The smallest absolute Gasteiger partial charge is 0.317 e. The highest BCUT2D eigenvalue weighted by Gasteiger charge is 2.71. The predicted molar refractivity (Wildman–Crippen MR) is 106 cm³/mol. The lowest BCUT2D eigenvalue weighted by Gasteiger charge is -2.45. The first-order valence-electron chi connectivity index (χ1n) is 9.24. The fraction of sp³-hybridized carbons (Fsp3) is 0.600. The summed E-state index contributed by atoms with van der Waals surface area (Å²) < 4.78 is 0. The predicted octanol–water partition coefficient (Wildman–Crippen LogP) is 0.824. The Kier molecular flexibility index (Phi) is 5.81. The summed E-state index contributed by atoms with van der Waals surface area (Å²) in [6.07, 6.45) is 0. The number of hydrogen-bond acceptors (Lipinski definition) is 6. The number of rotatable bonds is 5. The Morgan fingerprint density at radius 1 is 1.21 bits per heavy atom. The lowest BCUT2D eigenvalue weighted by molar-refractivity contribution is -0.168. The molecule has 2 rings (SSSR count). The van der Waals surface area contributed by atoms with Crippen LogP contribution in [0.15, 0.2) is 24.3 Å². The summed E-state index contributed by atoms with van der Waals surface area (Å²) in [7, 11) is 3.16. The van der Waals surface area contributed by atoms with Crippen molar-refractivity contribution in [3.05, 3.63) is 29.8 Å². The zero-order valence-electron chi connectivity index (χ0n) is 17.3. The number of carbonyl (C=O) groups is 2. The topological polar surface area (TPSA) is 122 Å². The van der Waals surface area contributed by atoms with Crippen LogP contribution >= 0.6 is 0 Å². The Bertz CT molecular complexity index is 766. The summed E-state index contributed by atoms with van der Waals surface area (Å²) in [5.74, 6) is -0.583. The van der Waals surface area contributed by atoms with Crippen molar-refractivity contribution in [2.45, 2.75) is 50.5 Å². The summed E-state index contributed by atoms with van der Waals surface area (Å²) in [5.41, 5.74) is -3.99. The van der Waals surface area contributed by atoms with E-state index in [0.717, 1.165) is 0 Å². The molecule has 0 saturated heterocycles. The van der Waals surface area contributed by atoms with Gasteiger partial charge in [-0.2, -0.15) is 0 Å². The SMILES string of the molecule is CC(=O)c1cccc(NC2C(C)C(C)(NC(=O)N(C)C)C(C)(O)C2(O)CO)c1. The quantitative estimate of drug-likeness (QED) is 0.472. The van der Waals surface area contributed by atoms with E-state index in [0.29, 0.717) is 11.3 Å². The van der Waals surface area contributed by atoms with Gasteiger partial charge in [-0.1, -0.05) is 19.1 Å². The average Bonchev–Trinajstić information content (AvgIpc) is 2.73. The van der Waals surface area contributed by atoms with Crippen LogP contribution in [0.3, 0.4) is 0 Å². The number of Topliss-reactive ketones (excluding diaryl/α,β-unsaturated/α-hetero) is 1. The number of anilines is 1. The number of aliphatic hydroxyl groups is 3. The van der Waals surface area contributed by atoms with Gasteiger partial charge in [0.25, 0.3) is 0 Å². The number of urea groups is 1. The van der Waals surface area contributed by atoms with Crippen molar-refractivity contribution >= 4 is 17.5 Å². The van der Waals surface area contributed by atoms with E-state index in [2.05, 4.69) is 10.6 Å². The standard InChI is InChI=1S/C20H31N3O5/c1-12-16(21-15-9-7-8-14(10-15)13(2)25)20(28,11-24)19(4,27)18(12,3)22-17(26)23(5)6/h7-10,12,16,21,24,27-28H,11H2,1-6H3,(H,22,26). The Hall–Kier alpha value is -2.16. The molecule has 0 bridgehead atoms. The second-order valence-corrected chi connectivity index (χ2v) is 8.23. The molecule has 2 amide bonds. The molecule has 1 aliphatic rings. The maximum atomic E-state index is 12.3. The number of nitrogens with zero attached hydrogens (tertiary/aromatic N) is 1. The maximum Gasteiger partial charge on any atom is 0.317 e. The molecular formula is C20H31N3O5. The van der Waals surface area contributed by atoms with Gasteiger partial charge in [0.2, 0.25) is 0 Å². The van der Waals surface area contributed by atoms with E-state index in [9.17, 15) is 24.9 Å². The van der Waals surface area contributed by atoms with Crippen LogP contribution in [0.25, 0.3) is 0 Å². The van der Waals surface area contributed by atoms with Crippen LogP contribution in [0, 0.1) is 5.92 Å². The fourth-order valence-corrected chi connectivity index (χ4v) is 4.02. The molecular weight excluding hydrogens is 362 g/mol. The molecule has 0 aromatic heterocycles. The Morgan fingerprint density at radius 3 is 2.32 bits per heavy atom. The molecule has 156 valence electrons. The second kappa shape index (κ2) is 7.35. The third-order valence-corrected chi connectivity index (χ3v) is 6.38. The van der Waals surface area contributed by atoms with E-state index in [1.165, 1.54) is 18.7 Å². The molecule has 5 atom stereocenters. The van der Waals surface area contributed by atoms with Crippen molar-refractivity contribution in [2.75, 3.05) is 26.0 Å². The first-order valence-corrected chi connectivity index (χ1v) is 9.24. The molecule has 8 nitrogen and oxygen atoms in total. The zero-order valence-corrected chi connectivity index (χ0v) is 17.3. The molecule has 5 N–H and O–H groups in total. The second-order valence-electron chi connectivity index (χ2n) is 8.23. The van der Waals surface area contributed by atoms with E-state index in [-0.39, 0.29) is 5.78 Å². The van der Waals surface area contributed by atoms with E-state index in [1.807, 2.05) is 0 Å². The summed E-state index contributed by atoms with van der Waals surface area (Å²) >= 11 is 0. The van der Waals surface area contributed by atoms with Crippen LogP contribution in [0.5, 0.6) is 0 Å². The van der Waals surface area contributed by atoms with Crippen LogP contribution in [0.1, 0.15) is 38.1 Å². The van der Waals surface area contributed by atoms with Gasteiger partial charge in [-0.05, 0) is 32.9 Å². The molecule has 8 heteroatoms. The summed E-state index contributed by atoms with van der Waals surface area (Å²) in [4.78, 5) is 25.3. The van der Waals surface area contributed by atoms with Crippen molar-refractivity contribution in [1.29, 1.82) is 0 Å².